The molecule has 4 N–H and O–H groups in total. The monoisotopic (exact) mass is 116 g/mol. The van der Waals surface area contributed by atoms with E-state index in [1.165, 1.54) is 0 Å². The molecule has 0 spiro atoms. The first kappa shape index (κ1) is 15.8. The van der Waals surface area contributed by atoms with Crippen LogP contribution in [0.2, 0.25) is 0 Å². The minimum Gasteiger partial charge on any atom is -1.00 e. The predicted molar refractivity (Wildman–Crippen MR) is 19.5 cm³/mol. The van der Waals surface area contributed by atoms with E-state index in [0.717, 1.165) is 0 Å². The molecule has 0 saturated carbocycles. The standard InChI is InChI=1S/CH4N2O.Mg.O2/c2-1(3)4;;1-2/h(H4,2,3,4);;/q;+2;-2. The van der Waals surface area contributed by atoms with Crippen molar-refractivity contribution in [2.75, 3.05) is 0 Å². The largest absolute Gasteiger partial charge is 2.00 e. The molecule has 0 bridgehead atoms. The summed E-state index contributed by atoms with van der Waals surface area (Å²) in [6.45, 7) is 0. The van der Waals surface area contributed by atoms with Gasteiger partial charge in [-0.3, -0.25) is 0 Å². The van der Waals surface area contributed by atoms with Crippen LogP contribution in [-0.2, 0) is 0 Å². The van der Waals surface area contributed by atoms with Crippen LogP contribution in [0.15, 0.2) is 0 Å². The van der Waals surface area contributed by atoms with Gasteiger partial charge in [0.15, 0.2) is 0 Å². The van der Waals surface area contributed by atoms with Crippen molar-refractivity contribution in [2.24, 2.45) is 11.5 Å². The summed E-state index contributed by atoms with van der Waals surface area (Å²) in [4.78, 5) is 9.00. The summed E-state index contributed by atoms with van der Waals surface area (Å²) < 4.78 is 0. The molecule has 0 aliphatic heterocycles. The molecule has 38 valence electrons. The number of amides is 2. The summed E-state index contributed by atoms with van der Waals surface area (Å²) in [7, 11) is 0. The van der Waals surface area contributed by atoms with Crippen molar-refractivity contribution in [1.29, 1.82) is 0 Å². The Labute approximate surface area is 56.4 Å². The van der Waals surface area contributed by atoms with E-state index in [4.69, 9.17) is 15.3 Å². The van der Waals surface area contributed by atoms with Crippen LogP contribution in [0.1, 0.15) is 0 Å². The first-order valence-corrected chi connectivity index (χ1v) is 0.948. The van der Waals surface area contributed by atoms with E-state index >= 15 is 0 Å². The van der Waals surface area contributed by atoms with Gasteiger partial charge in [0.1, 0.15) is 0 Å². The first-order chi connectivity index (χ1) is 2.73. The van der Waals surface area contributed by atoms with E-state index in [0.29, 0.717) is 0 Å². The fourth-order valence-electron chi connectivity index (χ4n) is 0. The molecule has 0 aromatic heterocycles. The zero-order chi connectivity index (χ0) is 5.58. The summed E-state index contributed by atoms with van der Waals surface area (Å²) >= 11 is 0. The Morgan fingerprint density at radius 3 is 1.29 bits per heavy atom. The van der Waals surface area contributed by atoms with Crippen LogP contribution in [0.5, 0.6) is 0 Å². The molecule has 0 radical (unpaired) electrons. The number of nitrogens with two attached hydrogens (primary N) is 2. The SMILES string of the molecule is NC(N)=O.[Mg+2].[O-][O-]. The van der Waals surface area contributed by atoms with Gasteiger partial charge in [0.2, 0.25) is 0 Å². The Bertz CT molecular complexity index is 35.9. The molecule has 0 aliphatic carbocycles. The maximum atomic E-state index is 9.00. The van der Waals surface area contributed by atoms with Gasteiger partial charge in [-0.25, -0.2) is 4.79 Å². The number of rotatable bonds is 0. The van der Waals surface area contributed by atoms with E-state index in [9.17, 15) is 0 Å². The normalized spacial score (nSPS) is 4.29. The van der Waals surface area contributed by atoms with Gasteiger partial charge in [-0.1, -0.05) is 0 Å². The quantitative estimate of drug-likeness (QED) is 0.192. The van der Waals surface area contributed by atoms with Gasteiger partial charge in [0, 0.05) is 0 Å². The summed E-state index contributed by atoms with van der Waals surface area (Å²) in [5.74, 6) is 0. The van der Waals surface area contributed by atoms with Gasteiger partial charge in [-0.2, -0.15) is 0 Å². The van der Waals surface area contributed by atoms with E-state index < -0.39 is 6.03 Å². The third-order valence-corrected chi connectivity index (χ3v) is 0. The van der Waals surface area contributed by atoms with Gasteiger partial charge in [-0.15, -0.1) is 0 Å². The van der Waals surface area contributed by atoms with Crippen LogP contribution in [0, 0.1) is 0 Å². The predicted octanol–water partition coefficient (Wildman–Crippen LogP) is -3.74. The summed E-state index contributed by atoms with van der Waals surface area (Å²) in [5.41, 5.74) is 8.50. The van der Waals surface area contributed by atoms with Crippen molar-refractivity contribution in [2.45, 2.75) is 0 Å². The Morgan fingerprint density at radius 2 is 1.29 bits per heavy atom. The molecule has 0 fully saturated rings. The summed E-state index contributed by atoms with van der Waals surface area (Å²) in [6.07, 6.45) is 0. The molecule has 6 heteroatoms. The van der Waals surface area contributed by atoms with Crippen LogP contribution in [0.3, 0.4) is 0 Å². The summed E-state index contributed by atoms with van der Waals surface area (Å²) in [6, 6.07) is -0.833. The average molecular weight is 116 g/mol. The molecular formula is CH4MgN2O3. The van der Waals surface area contributed by atoms with E-state index in [1.807, 2.05) is 0 Å². The average Bonchev–Trinajstić information content (AvgIpc) is 1.41. The topological polar surface area (TPSA) is 115 Å². The second-order valence-corrected chi connectivity index (χ2v) is 0.402. The van der Waals surface area contributed by atoms with Gasteiger partial charge in [-0.05, 0) is 0 Å². The molecule has 0 heterocycles. The molecule has 0 rings (SSSR count). The van der Waals surface area contributed by atoms with Crippen LogP contribution in [-0.4, -0.2) is 29.1 Å². The van der Waals surface area contributed by atoms with Gasteiger partial charge >= 0.3 is 29.1 Å². The molecule has 0 aliphatic rings. The van der Waals surface area contributed by atoms with Crippen molar-refractivity contribution in [1.82, 2.24) is 0 Å². The second-order valence-electron chi connectivity index (χ2n) is 0.402. The smallest absolute Gasteiger partial charge is 1.00 e. The van der Waals surface area contributed by atoms with E-state index in [2.05, 4.69) is 11.5 Å². The van der Waals surface area contributed by atoms with Crippen molar-refractivity contribution < 1.29 is 15.3 Å². The first-order valence-electron chi connectivity index (χ1n) is 0.948. The van der Waals surface area contributed by atoms with Crippen molar-refractivity contribution in [3.8, 4) is 0 Å². The minimum atomic E-state index is -0.833. The zero-order valence-corrected chi connectivity index (χ0v) is 5.00. The Kier molecular flexibility index (Phi) is 37.7. The molecule has 2 amide bonds. The van der Waals surface area contributed by atoms with Crippen molar-refractivity contribution in [3.05, 3.63) is 0 Å². The number of urea groups is 1. The number of carbonyl (C=O) groups is 1. The third kappa shape index (κ3) is 48700. The Hall–Kier alpha value is -0.0438. The van der Waals surface area contributed by atoms with Crippen LogP contribution in [0.25, 0.3) is 0 Å². The molecule has 5 nitrogen and oxygen atoms in total. The number of carbonyl (C=O) groups excluding carboxylic acids is 1. The Morgan fingerprint density at radius 1 is 1.29 bits per heavy atom. The van der Waals surface area contributed by atoms with E-state index in [-0.39, 0.29) is 23.1 Å². The molecule has 0 saturated heterocycles. The maximum absolute atomic E-state index is 9.00. The van der Waals surface area contributed by atoms with Crippen molar-refractivity contribution in [3.63, 3.8) is 0 Å². The summed E-state index contributed by atoms with van der Waals surface area (Å²) in [5, 5.41) is 14.0. The second kappa shape index (κ2) is 16.7. The van der Waals surface area contributed by atoms with Crippen molar-refractivity contribution >= 4 is 29.1 Å². The molecular weight excluding hydrogens is 112 g/mol. The third-order valence-electron chi connectivity index (χ3n) is 0. The minimum absolute atomic E-state index is 0. The zero-order valence-electron chi connectivity index (χ0n) is 3.59. The number of hydrogen-bond donors (Lipinski definition) is 2. The molecule has 0 atom stereocenters. The van der Waals surface area contributed by atoms with Gasteiger partial charge in [0.05, 0.1) is 0 Å². The van der Waals surface area contributed by atoms with Crippen LogP contribution in [0.4, 0.5) is 4.79 Å². The molecule has 0 aromatic carbocycles. The fraction of sp³-hybridized carbons (Fsp3) is 0. The number of hydrogen-bond acceptors (Lipinski definition) is 3. The Balaban J connectivity index is -0.0000000480. The van der Waals surface area contributed by atoms with E-state index in [1.54, 1.807) is 0 Å². The molecule has 0 aromatic rings. The molecule has 7 heavy (non-hydrogen) atoms. The van der Waals surface area contributed by atoms with Gasteiger partial charge < -0.3 is 22.0 Å². The molecule has 0 unspecified atom stereocenters. The fourth-order valence-corrected chi connectivity index (χ4v) is 0. The van der Waals surface area contributed by atoms with Crippen LogP contribution >= 0.6 is 0 Å². The van der Waals surface area contributed by atoms with Crippen LogP contribution < -0.4 is 22.0 Å². The number of primary amides is 2. The van der Waals surface area contributed by atoms with Gasteiger partial charge in [0.25, 0.3) is 0 Å². The maximum Gasteiger partial charge on any atom is 2.00 e.